The maximum absolute atomic E-state index is 9.07. The summed E-state index contributed by atoms with van der Waals surface area (Å²) in [6.45, 7) is 2.62. The van der Waals surface area contributed by atoms with Crippen molar-refractivity contribution >= 4 is 5.71 Å². The molecule has 1 atom stereocenters. The SMILES string of the molecule is COc1ccc(C2(C)OCCC/C2=N\O)cc1. The van der Waals surface area contributed by atoms with Crippen molar-refractivity contribution < 1.29 is 14.7 Å². The zero-order valence-electron chi connectivity index (χ0n) is 10.1. The van der Waals surface area contributed by atoms with Crippen molar-refractivity contribution in [3.05, 3.63) is 29.8 Å². The predicted molar refractivity (Wildman–Crippen MR) is 64.8 cm³/mol. The number of ether oxygens (including phenoxy) is 2. The van der Waals surface area contributed by atoms with Gasteiger partial charge >= 0.3 is 0 Å². The smallest absolute Gasteiger partial charge is 0.132 e. The highest BCUT2D eigenvalue weighted by Crippen LogP contribution is 2.33. The largest absolute Gasteiger partial charge is 0.497 e. The van der Waals surface area contributed by atoms with Crippen LogP contribution in [0.2, 0.25) is 0 Å². The molecule has 1 aromatic rings. The molecular weight excluding hydrogens is 218 g/mol. The number of benzene rings is 1. The van der Waals surface area contributed by atoms with E-state index in [0.717, 1.165) is 24.2 Å². The molecule has 1 aliphatic heterocycles. The second-order valence-electron chi connectivity index (χ2n) is 4.26. The minimum Gasteiger partial charge on any atom is -0.497 e. The molecule has 2 rings (SSSR count). The molecule has 4 heteroatoms. The number of rotatable bonds is 2. The third kappa shape index (κ3) is 2.13. The van der Waals surface area contributed by atoms with Crippen LogP contribution in [0.4, 0.5) is 0 Å². The van der Waals surface area contributed by atoms with Gasteiger partial charge in [0.2, 0.25) is 0 Å². The summed E-state index contributed by atoms with van der Waals surface area (Å²) in [7, 11) is 1.63. The molecule has 0 amide bonds. The molecule has 1 heterocycles. The Hall–Kier alpha value is -1.55. The van der Waals surface area contributed by atoms with E-state index in [-0.39, 0.29) is 0 Å². The van der Waals surface area contributed by atoms with E-state index in [0.29, 0.717) is 12.3 Å². The molecule has 4 nitrogen and oxygen atoms in total. The summed E-state index contributed by atoms with van der Waals surface area (Å²) in [5.41, 5.74) is 1.03. The topological polar surface area (TPSA) is 51.0 Å². The molecule has 1 saturated heterocycles. The van der Waals surface area contributed by atoms with Crippen molar-refractivity contribution in [2.75, 3.05) is 13.7 Å². The van der Waals surface area contributed by atoms with Crippen LogP contribution in [0.3, 0.4) is 0 Å². The molecule has 1 aromatic carbocycles. The van der Waals surface area contributed by atoms with Crippen LogP contribution in [0, 0.1) is 0 Å². The summed E-state index contributed by atoms with van der Waals surface area (Å²) in [5.74, 6) is 0.802. The predicted octanol–water partition coefficient (Wildman–Crippen LogP) is 2.55. The summed E-state index contributed by atoms with van der Waals surface area (Å²) in [6.07, 6.45) is 1.66. The minimum atomic E-state index is -0.626. The van der Waals surface area contributed by atoms with Crippen molar-refractivity contribution in [1.29, 1.82) is 0 Å². The molecule has 0 bridgehead atoms. The van der Waals surface area contributed by atoms with E-state index in [2.05, 4.69) is 5.16 Å². The van der Waals surface area contributed by atoms with Gasteiger partial charge in [0, 0.05) is 6.61 Å². The molecule has 0 radical (unpaired) electrons. The highest BCUT2D eigenvalue weighted by Gasteiger charge is 2.36. The summed E-state index contributed by atoms with van der Waals surface area (Å²) in [6, 6.07) is 7.64. The Kier molecular flexibility index (Phi) is 3.33. The lowest BCUT2D eigenvalue weighted by Crippen LogP contribution is -2.39. The van der Waals surface area contributed by atoms with Crippen molar-refractivity contribution in [3.8, 4) is 5.75 Å². The first kappa shape index (κ1) is 11.9. The van der Waals surface area contributed by atoms with E-state index in [9.17, 15) is 0 Å². The quantitative estimate of drug-likeness (QED) is 0.633. The molecule has 1 N–H and O–H groups in total. The first-order chi connectivity index (χ1) is 8.20. The zero-order valence-corrected chi connectivity index (χ0v) is 10.1. The Morgan fingerprint density at radius 1 is 1.35 bits per heavy atom. The zero-order chi connectivity index (χ0) is 12.3. The van der Waals surface area contributed by atoms with E-state index >= 15 is 0 Å². The molecule has 1 fully saturated rings. The number of hydrogen-bond donors (Lipinski definition) is 1. The van der Waals surface area contributed by atoms with Crippen LogP contribution in [0.5, 0.6) is 5.75 Å². The van der Waals surface area contributed by atoms with Gasteiger partial charge in [-0.3, -0.25) is 0 Å². The Labute approximate surface area is 101 Å². The van der Waals surface area contributed by atoms with Gasteiger partial charge < -0.3 is 14.7 Å². The third-order valence-electron chi connectivity index (χ3n) is 3.26. The van der Waals surface area contributed by atoms with Gasteiger partial charge in [0.1, 0.15) is 11.4 Å². The Bertz CT molecular complexity index is 413. The summed E-state index contributed by atoms with van der Waals surface area (Å²) in [4.78, 5) is 0. The molecular formula is C13H17NO3. The van der Waals surface area contributed by atoms with Crippen molar-refractivity contribution in [1.82, 2.24) is 0 Å². The summed E-state index contributed by atoms with van der Waals surface area (Å²) in [5, 5.41) is 12.5. The summed E-state index contributed by atoms with van der Waals surface area (Å²) >= 11 is 0. The fourth-order valence-corrected chi connectivity index (χ4v) is 2.14. The van der Waals surface area contributed by atoms with Crippen LogP contribution >= 0.6 is 0 Å². The molecule has 92 valence electrons. The van der Waals surface area contributed by atoms with Gasteiger partial charge in [-0.15, -0.1) is 0 Å². The van der Waals surface area contributed by atoms with Crippen LogP contribution < -0.4 is 4.74 Å². The lowest BCUT2D eigenvalue weighted by atomic mass is 9.86. The monoisotopic (exact) mass is 235 g/mol. The van der Waals surface area contributed by atoms with Crippen molar-refractivity contribution in [2.45, 2.75) is 25.4 Å². The number of nitrogens with zero attached hydrogens (tertiary/aromatic N) is 1. The molecule has 17 heavy (non-hydrogen) atoms. The second-order valence-corrected chi connectivity index (χ2v) is 4.26. The molecule has 0 saturated carbocycles. The van der Waals surface area contributed by atoms with Crippen LogP contribution in [-0.2, 0) is 10.3 Å². The maximum Gasteiger partial charge on any atom is 0.132 e. The van der Waals surface area contributed by atoms with Gasteiger partial charge in [0.25, 0.3) is 0 Å². The standard InChI is InChI=1S/C13H17NO3/c1-13(12(14-15)4-3-9-17-13)10-5-7-11(16-2)8-6-10/h5-8,15H,3-4,9H2,1-2H3/b14-12+. The Morgan fingerprint density at radius 2 is 2.06 bits per heavy atom. The molecule has 0 spiro atoms. The van der Waals surface area contributed by atoms with Gasteiger partial charge in [-0.1, -0.05) is 17.3 Å². The minimum absolute atomic E-state index is 0.626. The van der Waals surface area contributed by atoms with Crippen molar-refractivity contribution in [2.24, 2.45) is 5.16 Å². The van der Waals surface area contributed by atoms with Crippen LogP contribution in [0.1, 0.15) is 25.3 Å². The average Bonchev–Trinajstić information content (AvgIpc) is 2.39. The fraction of sp³-hybridized carbons (Fsp3) is 0.462. The van der Waals surface area contributed by atoms with Crippen LogP contribution in [0.25, 0.3) is 0 Å². The Morgan fingerprint density at radius 3 is 2.65 bits per heavy atom. The van der Waals surface area contributed by atoms with Crippen LogP contribution in [0.15, 0.2) is 29.4 Å². The van der Waals surface area contributed by atoms with Crippen LogP contribution in [-0.4, -0.2) is 24.6 Å². The first-order valence-electron chi connectivity index (χ1n) is 5.70. The molecule has 0 aliphatic carbocycles. The van der Waals surface area contributed by atoms with E-state index in [1.165, 1.54) is 0 Å². The van der Waals surface area contributed by atoms with Gasteiger partial charge in [0.05, 0.1) is 12.8 Å². The molecule has 1 unspecified atom stereocenters. The summed E-state index contributed by atoms with van der Waals surface area (Å²) < 4.78 is 10.9. The number of hydrogen-bond acceptors (Lipinski definition) is 4. The highest BCUT2D eigenvalue weighted by atomic mass is 16.5. The van der Waals surface area contributed by atoms with E-state index in [1.54, 1.807) is 7.11 Å². The van der Waals surface area contributed by atoms with E-state index in [4.69, 9.17) is 14.7 Å². The molecule has 1 aliphatic rings. The number of oxime groups is 1. The van der Waals surface area contributed by atoms with Gasteiger partial charge in [-0.2, -0.15) is 0 Å². The van der Waals surface area contributed by atoms with E-state index in [1.807, 2.05) is 31.2 Å². The lowest BCUT2D eigenvalue weighted by molar-refractivity contribution is -0.000625. The maximum atomic E-state index is 9.07. The molecule has 0 aromatic heterocycles. The first-order valence-corrected chi connectivity index (χ1v) is 5.70. The number of methoxy groups -OCH3 is 1. The normalized spacial score (nSPS) is 27.1. The van der Waals surface area contributed by atoms with Gasteiger partial charge in [-0.05, 0) is 37.5 Å². The Balaban J connectivity index is 2.34. The second kappa shape index (κ2) is 4.75. The lowest BCUT2D eigenvalue weighted by Gasteiger charge is -2.34. The highest BCUT2D eigenvalue weighted by molar-refractivity contribution is 5.93. The third-order valence-corrected chi connectivity index (χ3v) is 3.26. The van der Waals surface area contributed by atoms with E-state index < -0.39 is 5.60 Å². The average molecular weight is 235 g/mol. The van der Waals surface area contributed by atoms with Crippen molar-refractivity contribution in [3.63, 3.8) is 0 Å². The van der Waals surface area contributed by atoms with Gasteiger partial charge in [0.15, 0.2) is 0 Å². The van der Waals surface area contributed by atoms with Gasteiger partial charge in [-0.25, -0.2) is 0 Å². The fourth-order valence-electron chi connectivity index (χ4n) is 2.14.